The Hall–Kier alpha value is -2.09. The van der Waals surface area contributed by atoms with Crippen molar-refractivity contribution < 1.29 is 13.2 Å². The Bertz CT molecular complexity index is 1060. The Kier molecular flexibility index (Phi) is 4.84. The molecule has 4 rings (SSSR count). The normalized spacial score (nSPS) is 16.7. The molecule has 1 fully saturated rings. The highest BCUT2D eigenvalue weighted by atomic mass is 35.5. The monoisotopic (exact) mass is 405 g/mol. The van der Waals surface area contributed by atoms with Crippen molar-refractivity contribution in [2.75, 3.05) is 20.2 Å². The molecule has 142 valence electrons. The van der Waals surface area contributed by atoms with Gasteiger partial charge in [0.2, 0.25) is 10.0 Å². The van der Waals surface area contributed by atoms with Gasteiger partial charge in [0.1, 0.15) is 11.6 Å². The van der Waals surface area contributed by atoms with Crippen molar-refractivity contribution in [2.45, 2.75) is 23.7 Å². The molecule has 6 nitrogen and oxygen atoms in total. The van der Waals surface area contributed by atoms with Gasteiger partial charge < -0.3 is 9.72 Å². The fourth-order valence-electron chi connectivity index (χ4n) is 3.46. The lowest BCUT2D eigenvalue weighted by Gasteiger charge is -2.30. The van der Waals surface area contributed by atoms with Gasteiger partial charge in [-0.25, -0.2) is 13.4 Å². The second-order valence-electron chi connectivity index (χ2n) is 6.64. The largest absolute Gasteiger partial charge is 0.497 e. The number of ether oxygens (including phenoxy) is 1. The van der Waals surface area contributed by atoms with Crippen molar-refractivity contribution >= 4 is 32.7 Å². The van der Waals surface area contributed by atoms with Crippen LogP contribution in [0.4, 0.5) is 0 Å². The van der Waals surface area contributed by atoms with Crippen LogP contribution in [0.1, 0.15) is 24.6 Å². The molecule has 0 amide bonds. The molecule has 8 heteroatoms. The first kappa shape index (κ1) is 18.3. The summed E-state index contributed by atoms with van der Waals surface area (Å²) in [7, 11) is -1.94. The number of rotatable bonds is 4. The fourth-order valence-corrected chi connectivity index (χ4v) is 5.10. The SMILES string of the molecule is COc1ccc(S(=O)(=O)N2CCC(c3nc4ccc(Cl)cc4[nH]3)CC2)cc1. The summed E-state index contributed by atoms with van der Waals surface area (Å²) in [6.45, 7) is 0.938. The molecule has 2 heterocycles. The lowest BCUT2D eigenvalue weighted by Crippen LogP contribution is -2.38. The first-order valence-electron chi connectivity index (χ1n) is 8.77. The van der Waals surface area contributed by atoms with Crippen LogP contribution in [0.3, 0.4) is 0 Å². The van der Waals surface area contributed by atoms with Gasteiger partial charge in [-0.2, -0.15) is 4.31 Å². The third-order valence-corrected chi connectivity index (χ3v) is 7.15. The number of piperidine rings is 1. The van der Waals surface area contributed by atoms with E-state index in [-0.39, 0.29) is 5.92 Å². The average molecular weight is 406 g/mol. The summed E-state index contributed by atoms with van der Waals surface area (Å²) in [5.74, 6) is 1.74. The number of nitrogens with one attached hydrogen (secondary N) is 1. The van der Waals surface area contributed by atoms with Crippen molar-refractivity contribution in [1.82, 2.24) is 14.3 Å². The molecule has 0 atom stereocenters. The topological polar surface area (TPSA) is 75.3 Å². The van der Waals surface area contributed by atoms with Gasteiger partial charge in [-0.1, -0.05) is 11.6 Å². The number of hydrogen-bond acceptors (Lipinski definition) is 4. The zero-order chi connectivity index (χ0) is 19.0. The molecule has 2 aromatic carbocycles. The van der Waals surface area contributed by atoms with Gasteiger partial charge in [0.15, 0.2) is 0 Å². The second kappa shape index (κ2) is 7.14. The van der Waals surface area contributed by atoms with E-state index in [0.29, 0.717) is 28.8 Å². The maximum atomic E-state index is 12.9. The smallest absolute Gasteiger partial charge is 0.243 e. The molecular weight excluding hydrogens is 386 g/mol. The fraction of sp³-hybridized carbons (Fsp3) is 0.316. The number of halogens is 1. The minimum Gasteiger partial charge on any atom is -0.497 e. The molecule has 1 saturated heterocycles. The van der Waals surface area contributed by atoms with Gasteiger partial charge >= 0.3 is 0 Å². The number of nitrogens with zero attached hydrogens (tertiary/aromatic N) is 2. The number of methoxy groups -OCH3 is 1. The summed E-state index contributed by atoms with van der Waals surface area (Å²) < 4.78 is 32.4. The van der Waals surface area contributed by atoms with Crippen LogP contribution in [0.15, 0.2) is 47.4 Å². The first-order chi connectivity index (χ1) is 13.0. The summed E-state index contributed by atoms with van der Waals surface area (Å²) in [6.07, 6.45) is 1.45. The number of imidazole rings is 1. The molecule has 1 aliphatic rings. The van der Waals surface area contributed by atoms with Gasteiger partial charge in [-0.05, 0) is 55.3 Å². The molecule has 1 aromatic heterocycles. The third kappa shape index (κ3) is 3.54. The minimum absolute atomic E-state index is 0.207. The lowest BCUT2D eigenvalue weighted by molar-refractivity contribution is 0.314. The van der Waals surface area contributed by atoms with Gasteiger partial charge in [0.05, 0.1) is 23.0 Å². The van der Waals surface area contributed by atoms with E-state index in [4.69, 9.17) is 16.3 Å². The van der Waals surface area contributed by atoms with E-state index >= 15 is 0 Å². The van der Waals surface area contributed by atoms with Crippen molar-refractivity contribution in [3.8, 4) is 5.75 Å². The molecule has 0 saturated carbocycles. The van der Waals surface area contributed by atoms with Crippen LogP contribution in [0, 0.1) is 0 Å². The van der Waals surface area contributed by atoms with Crippen LogP contribution in [0.25, 0.3) is 11.0 Å². The number of benzene rings is 2. The van der Waals surface area contributed by atoms with E-state index < -0.39 is 10.0 Å². The number of H-pyrrole nitrogens is 1. The zero-order valence-corrected chi connectivity index (χ0v) is 16.4. The summed E-state index contributed by atoms with van der Waals surface area (Å²) in [6, 6.07) is 12.1. The van der Waals surface area contributed by atoms with Gasteiger partial charge in [-0.15, -0.1) is 0 Å². The van der Waals surface area contributed by atoms with Crippen molar-refractivity contribution in [3.63, 3.8) is 0 Å². The van der Waals surface area contributed by atoms with Crippen molar-refractivity contribution in [1.29, 1.82) is 0 Å². The molecule has 0 spiro atoms. The molecule has 0 aliphatic carbocycles. The van der Waals surface area contributed by atoms with Crippen molar-refractivity contribution in [2.24, 2.45) is 0 Å². The Morgan fingerprint density at radius 2 is 1.85 bits per heavy atom. The molecule has 0 unspecified atom stereocenters. The Labute approximate surface area is 163 Å². The molecule has 3 aromatic rings. The predicted octanol–water partition coefficient (Wildman–Crippen LogP) is 3.79. The van der Waals surface area contributed by atoms with Crippen molar-refractivity contribution in [3.05, 3.63) is 53.3 Å². The summed E-state index contributed by atoms with van der Waals surface area (Å²) in [4.78, 5) is 8.26. The Balaban J connectivity index is 1.48. The number of aromatic amines is 1. The van der Waals surface area contributed by atoms with E-state index in [1.165, 1.54) is 0 Å². The van der Waals surface area contributed by atoms with Crippen LogP contribution in [0.2, 0.25) is 5.02 Å². The maximum absolute atomic E-state index is 12.9. The van der Waals surface area contributed by atoms with E-state index in [1.807, 2.05) is 18.2 Å². The number of sulfonamides is 1. The quantitative estimate of drug-likeness (QED) is 0.716. The highest BCUT2D eigenvalue weighted by molar-refractivity contribution is 7.89. The van der Waals surface area contributed by atoms with Crippen LogP contribution >= 0.6 is 11.6 Å². The van der Waals surface area contributed by atoms with Gasteiger partial charge in [-0.3, -0.25) is 0 Å². The van der Waals surface area contributed by atoms with E-state index in [2.05, 4.69) is 9.97 Å². The summed E-state index contributed by atoms with van der Waals surface area (Å²) >= 11 is 6.03. The van der Waals surface area contributed by atoms with Crippen LogP contribution < -0.4 is 4.74 Å². The molecular formula is C19H20ClN3O3S. The first-order valence-corrected chi connectivity index (χ1v) is 10.6. The maximum Gasteiger partial charge on any atom is 0.243 e. The summed E-state index contributed by atoms with van der Waals surface area (Å²) in [5.41, 5.74) is 1.79. The van der Waals surface area contributed by atoms with E-state index in [0.717, 1.165) is 29.7 Å². The highest BCUT2D eigenvalue weighted by Crippen LogP contribution is 2.31. The molecule has 0 bridgehead atoms. The van der Waals surface area contributed by atoms with Crippen LogP contribution in [-0.4, -0.2) is 42.9 Å². The van der Waals surface area contributed by atoms with E-state index in [1.54, 1.807) is 35.7 Å². The number of fused-ring (bicyclic) bond motifs is 1. The zero-order valence-electron chi connectivity index (χ0n) is 14.9. The number of hydrogen-bond donors (Lipinski definition) is 1. The molecule has 0 radical (unpaired) electrons. The highest BCUT2D eigenvalue weighted by Gasteiger charge is 2.31. The second-order valence-corrected chi connectivity index (χ2v) is 9.01. The molecule has 1 aliphatic heterocycles. The average Bonchev–Trinajstić information content (AvgIpc) is 3.11. The minimum atomic E-state index is -3.49. The van der Waals surface area contributed by atoms with Gasteiger partial charge in [0.25, 0.3) is 0 Å². The Morgan fingerprint density at radius 1 is 1.15 bits per heavy atom. The summed E-state index contributed by atoms with van der Waals surface area (Å²) in [5, 5.41) is 0.665. The Morgan fingerprint density at radius 3 is 2.52 bits per heavy atom. The van der Waals surface area contributed by atoms with Crippen LogP contribution in [0.5, 0.6) is 5.75 Å². The molecule has 1 N–H and O–H groups in total. The van der Waals surface area contributed by atoms with E-state index in [9.17, 15) is 8.42 Å². The van der Waals surface area contributed by atoms with Crippen LogP contribution in [-0.2, 0) is 10.0 Å². The third-order valence-electron chi connectivity index (χ3n) is 5.00. The standard InChI is InChI=1S/C19H20ClN3O3S/c1-26-15-3-5-16(6-4-15)27(24,25)23-10-8-13(9-11-23)19-21-17-7-2-14(20)12-18(17)22-19/h2-7,12-13H,8-11H2,1H3,(H,21,22). The predicted molar refractivity (Wildman–Crippen MR) is 105 cm³/mol. The van der Waals surface area contributed by atoms with Gasteiger partial charge in [0, 0.05) is 24.0 Å². The molecule has 27 heavy (non-hydrogen) atoms. The lowest BCUT2D eigenvalue weighted by atomic mass is 9.97. The number of aromatic nitrogens is 2.